The quantitative estimate of drug-likeness (QED) is 0.705. The summed E-state index contributed by atoms with van der Waals surface area (Å²) >= 11 is 6.11. The first-order chi connectivity index (χ1) is 13.3. The molecule has 0 unspecified atom stereocenters. The van der Waals surface area contributed by atoms with Gasteiger partial charge in [0.1, 0.15) is 5.82 Å². The molecule has 0 radical (unpaired) electrons. The molecule has 28 heavy (non-hydrogen) atoms. The number of sulfonamides is 1. The summed E-state index contributed by atoms with van der Waals surface area (Å²) in [5.74, 6) is -0.471. The smallest absolute Gasteiger partial charge is 0.240 e. The number of rotatable bonds is 8. The molecule has 1 amide bonds. The van der Waals surface area contributed by atoms with Gasteiger partial charge in [-0.05, 0) is 56.1 Å². The van der Waals surface area contributed by atoms with E-state index >= 15 is 0 Å². The molecule has 1 fully saturated rings. The molecule has 0 aromatic heterocycles. The Hall–Kier alpha value is -1.96. The molecule has 2 aromatic carbocycles. The van der Waals surface area contributed by atoms with Crippen LogP contribution in [0.1, 0.15) is 30.4 Å². The minimum Gasteiger partial charge on any atom is -0.335 e. The third-order valence-electron chi connectivity index (χ3n) is 4.83. The highest BCUT2D eigenvalue weighted by molar-refractivity contribution is 7.89. The van der Waals surface area contributed by atoms with Gasteiger partial charge in [-0.1, -0.05) is 29.8 Å². The Morgan fingerprint density at radius 1 is 1.21 bits per heavy atom. The predicted molar refractivity (Wildman–Crippen MR) is 106 cm³/mol. The van der Waals surface area contributed by atoms with Crippen LogP contribution in [0.4, 0.5) is 4.39 Å². The van der Waals surface area contributed by atoms with Crippen molar-refractivity contribution in [1.29, 1.82) is 0 Å². The van der Waals surface area contributed by atoms with E-state index in [0.29, 0.717) is 17.0 Å². The lowest BCUT2D eigenvalue weighted by Crippen LogP contribution is -2.33. The molecule has 150 valence electrons. The zero-order valence-corrected chi connectivity index (χ0v) is 17.1. The van der Waals surface area contributed by atoms with Gasteiger partial charge in [0.15, 0.2) is 0 Å². The molecule has 5 nitrogen and oxygen atoms in total. The van der Waals surface area contributed by atoms with E-state index in [-0.39, 0.29) is 29.8 Å². The third kappa shape index (κ3) is 4.90. The van der Waals surface area contributed by atoms with Crippen molar-refractivity contribution in [2.45, 2.75) is 43.2 Å². The van der Waals surface area contributed by atoms with E-state index in [2.05, 4.69) is 4.72 Å². The second-order valence-electron chi connectivity index (χ2n) is 6.80. The van der Waals surface area contributed by atoms with Crippen LogP contribution >= 0.6 is 11.6 Å². The predicted octanol–water partition coefficient (Wildman–Crippen LogP) is 3.51. The second-order valence-corrected chi connectivity index (χ2v) is 9.10. The number of hydrogen-bond donors (Lipinski definition) is 1. The molecule has 1 N–H and O–H groups in total. The Balaban J connectivity index is 1.65. The molecule has 1 aliphatic carbocycles. The summed E-state index contributed by atoms with van der Waals surface area (Å²) < 4.78 is 39.9. The summed E-state index contributed by atoms with van der Waals surface area (Å²) in [5, 5.41) is 0.319. The van der Waals surface area contributed by atoms with Gasteiger partial charge >= 0.3 is 0 Å². The fraction of sp³-hybridized carbons (Fsp3) is 0.350. The van der Waals surface area contributed by atoms with Crippen molar-refractivity contribution in [2.24, 2.45) is 0 Å². The van der Waals surface area contributed by atoms with Crippen LogP contribution in [0.15, 0.2) is 47.4 Å². The summed E-state index contributed by atoms with van der Waals surface area (Å²) in [6.45, 7) is 0.161. The van der Waals surface area contributed by atoms with Crippen LogP contribution < -0.4 is 4.72 Å². The first-order valence-corrected chi connectivity index (χ1v) is 10.9. The average molecular weight is 425 g/mol. The van der Waals surface area contributed by atoms with Crippen molar-refractivity contribution in [3.63, 3.8) is 0 Å². The maximum absolute atomic E-state index is 14.1. The largest absolute Gasteiger partial charge is 0.335 e. The van der Waals surface area contributed by atoms with Gasteiger partial charge in [-0.3, -0.25) is 4.79 Å². The summed E-state index contributed by atoms with van der Waals surface area (Å²) in [5.41, 5.74) is 1.20. The molecule has 0 saturated heterocycles. The lowest BCUT2D eigenvalue weighted by atomic mass is 10.1. The van der Waals surface area contributed by atoms with E-state index < -0.39 is 15.8 Å². The van der Waals surface area contributed by atoms with E-state index in [9.17, 15) is 17.6 Å². The van der Waals surface area contributed by atoms with E-state index in [0.717, 1.165) is 18.4 Å². The zero-order valence-electron chi connectivity index (χ0n) is 15.5. The van der Waals surface area contributed by atoms with Crippen LogP contribution in [0.3, 0.4) is 0 Å². The lowest BCUT2D eigenvalue weighted by Gasteiger charge is -2.23. The summed E-state index contributed by atoms with van der Waals surface area (Å²) in [7, 11) is -2.12. The highest BCUT2D eigenvalue weighted by Crippen LogP contribution is 2.31. The molecule has 2 aromatic rings. The number of hydrogen-bond acceptors (Lipinski definition) is 3. The van der Waals surface area contributed by atoms with Gasteiger partial charge < -0.3 is 4.90 Å². The first-order valence-electron chi connectivity index (χ1n) is 9.06. The molecule has 0 atom stereocenters. The number of benzene rings is 2. The second kappa shape index (κ2) is 8.59. The Kier molecular flexibility index (Phi) is 6.37. The van der Waals surface area contributed by atoms with Gasteiger partial charge in [0, 0.05) is 23.0 Å². The minimum absolute atomic E-state index is 0.0613. The van der Waals surface area contributed by atoms with Crippen LogP contribution in [0.2, 0.25) is 5.02 Å². The molecule has 0 bridgehead atoms. The topological polar surface area (TPSA) is 66.5 Å². The third-order valence-corrected chi connectivity index (χ3v) is 6.61. The summed E-state index contributed by atoms with van der Waals surface area (Å²) in [6, 6.07) is 11.1. The van der Waals surface area contributed by atoms with Gasteiger partial charge in [0.05, 0.1) is 11.4 Å². The number of carbonyl (C=O) groups excluding carboxylic acids is 1. The molecule has 8 heteroatoms. The molecular weight excluding hydrogens is 403 g/mol. The van der Waals surface area contributed by atoms with Gasteiger partial charge in [0.25, 0.3) is 0 Å². The van der Waals surface area contributed by atoms with Crippen molar-refractivity contribution >= 4 is 27.5 Å². The van der Waals surface area contributed by atoms with Gasteiger partial charge in [-0.15, -0.1) is 0 Å². The van der Waals surface area contributed by atoms with E-state index in [1.807, 2.05) is 0 Å². The Morgan fingerprint density at radius 3 is 2.46 bits per heavy atom. The molecule has 1 aliphatic rings. The molecule has 0 heterocycles. The van der Waals surface area contributed by atoms with E-state index in [4.69, 9.17) is 11.6 Å². The minimum atomic E-state index is -3.48. The van der Waals surface area contributed by atoms with Crippen molar-refractivity contribution in [3.8, 4) is 0 Å². The molecular formula is C20H22ClFN2O3S. The van der Waals surface area contributed by atoms with Crippen LogP contribution in [0, 0.1) is 5.82 Å². The highest BCUT2D eigenvalue weighted by Gasteiger charge is 2.33. The summed E-state index contributed by atoms with van der Waals surface area (Å²) in [6.07, 6.45) is 2.57. The normalized spacial score (nSPS) is 14.1. The molecule has 1 saturated carbocycles. The van der Waals surface area contributed by atoms with Gasteiger partial charge in [-0.2, -0.15) is 0 Å². The van der Waals surface area contributed by atoms with Crippen LogP contribution in [-0.2, 0) is 27.8 Å². The van der Waals surface area contributed by atoms with Crippen molar-refractivity contribution in [1.82, 2.24) is 9.62 Å². The van der Waals surface area contributed by atoms with Crippen LogP contribution in [0.25, 0.3) is 0 Å². The number of carbonyl (C=O) groups is 1. The van der Waals surface area contributed by atoms with Crippen molar-refractivity contribution < 1.29 is 17.6 Å². The fourth-order valence-electron chi connectivity index (χ4n) is 3.01. The van der Waals surface area contributed by atoms with Gasteiger partial charge in [0.2, 0.25) is 15.9 Å². The molecule has 0 spiro atoms. The average Bonchev–Trinajstić information content (AvgIpc) is 3.51. The number of nitrogens with one attached hydrogen (secondary N) is 1. The number of amides is 1. The lowest BCUT2D eigenvalue weighted by molar-refractivity contribution is -0.132. The highest BCUT2D eigenvalue weighted by atomic mass is 35.5. The van der Waals surface area contributed by atoms with E-state index in [1.165, 1.54) is 25.2 Å². The van der Waals surface area contributed by atoms with Crippen LogP contribution in [-0.4, -0.2) is 32.3 Å². The number of halogens is 2. The maximum atomic E-state index is 14.1. The molecule has 0 aliphatic heterocycles. The standard InChI is InChI=1S/C20H22ClFN2O3S/c1-23-28(26,27)16-10-5-14(6-11-16)7-12-20(25)24(15-8-9-15)13-17-18(21)3-2-4-19(17)22/h2-6,10-11,15,23H,7-9,12-13H2,1H3. The van der Waals surface area contributed by atoms with Crippen LogP contribution in [0.5, 0.6) is 0 Å². The Bertz CT molecular complexity index is 940. The van der Waals surface area contributed by atoms with Gasteiger partial charge in [-0.25, -0.2) is 17.5 Å². The first kappa shape index (κ1) is 20.8. The SMILES string of the molecule is CNS(=O)(=O)c1ccc(CCC(=O)N(Cc2c(F)cccc2Cl)C2CC2)cc1. The van der Waals surface area contributed by atoms with Crippen molar-refractivity contribution in [3.05, 3.63) is 64.4 Å². The zero-order chi connectivity index (χ0) is 20.3. The Labute approximate surface area is 169 Å². The Morgan fingerprint density at radius 2 is 1.89 bits per heavy atom. The number of aryl methyl sites for hydroxylation is 1. The number of nitrogens with zero attached hydrogens (tertiary/aromatic N) is 1. The monoisotopic (exact) mass is 424 g/mol. The molecule has 3 rings (SSSR count). The van der Waals surface area contributed by atoms with E-state index in [1.54, 1.807) is 29.2 Å². The van der Waals surface area contributed by atoms with Crippen molar-refractivity contribution in [2.75, 3.05) is 7.05 Å². The summed E-state index contributed by atoms with van der Waals surface area (Å²) in [4.78, 5) is 14.6. The fourth-order valence-corrected chi connectivity index (χ4v) is 3.96. The maximum Gasteiger partial charge on any atom is 0.240 e.